The van der Waals surface area contributed by atoms with Gasteiger partial charge in [0.1, 0.15) is 0 Å². The third-order valence-corrected chi connectivity index (χ3v) is 1.71. The molecule has 0 aliphatic carbocycles. The predicted octanol–water partition coefficient (Wildman–Crippen LogP) is 0.629. The van der Waals surface area contributed by atoms with E-state index in [0.717, 1.165) is 12.8 Å². The first-order valence-corrected chi connectivity index (χ1v) is 4.75. The summed E-state index contributed by atoms with van der Waals surface area (Å²) in [6, 6.07) is 0. The summed E-state index contributed by atoms with van der Waals surface area (Å²) in [6.45, 7) is 5.48. The fourth-order valence-corrected chi connectivity index (χ4v) is 0.844. The topological polar surface area (TPSA) is 66.8 Å². The Kier molecular flexibility index (Phi) is 7.06. The van der Waals surface area contributed by atoms with E-state index >= 15 is 0 Å². The molecule has 0 aliphatic heterocycles. The zero-order chi connectivity index (χ0) is 11.0. The van der Waals surface area contributed by atoms with E-state index in [1.54, 1.807) is 0 Å². The molecule has 0 aromatic rings. The quantitative estimate of drug-likeness (QED) is 0.361. The summed E-state index contributed by atoms with van der Waals surface area (Å²) in [7, 11) is 0. The Morgan fingerprint density at radius 1 is 1.57 bits per heavy atom. The summed E-state index contributed by atoms with van der Waals surface area (Å²) in [5.74, 6) is -0.494. The van der Waals surface area contributed by atoms with E-state index in [4.69, 9.17) is 14.9 Å². The van der Waals surface area contributed by atoms with Gasteiger partial charge < -0.3 is 14.9 Å². The number of hydrogen-bond acceptors (Lipinski definition) is 4. The van der Waals surface area contributed by atoms with Crippen LogP contribution in [0.3, 0.4) is 0 Å². The second kappa shape index (κ2) is 7.53. The van der Waals surface area contributed by atoms with Crippen LogP contribution < -0.4 is 0 Å². The van der Waals surface area contributed by atoms with E-state index in [1.807, 2.05) is 6.92 Å². The van der Waals surface area contributed by atoms with Crippen molar-refractivity contribution in [3.63, 3.8) is 0 Å². The largest absolute Gasteiger partial charge is 0.462 e. The minimum absolute atomic E-state index is 0.0570. The van der Waals surface area contributed by atoms with Gasteiger partial charge in [0.05, 0.1) is 19.3 Å². The first kappa shape index (κ1) is 13.1. The average molecular weight is 202 g/mol. The number of carbonyl (C=O) groups is 1. The molecule has 0 fully saturated rings. The van der Waals surface area contributed by atoms with Crippen LogP contribution in [0.25, 0.3) is 0 Å². The molecule has 4 heteroatoms. The van der Waals surface area contributed by atoms with E-state index in [2.05, 4.69) is 6.58 Å². The van der Waals surface area contributed by atoms with Gasteiger partial charge in [0.2, 0.25) is 0 Å². The molecule has 0 aromatic heterocycles. The zero-order valence-corrected chi connectivity index (χ0v) is 8.53. The molecule has 2 N–H and O–H groups in total. The van der Waals surface area contributed by atoms with Gasteiger partial charge in [0, 0.05) is 12.0 Å². The lowest BCUT2D eigenvalue weighted by Gasteiger charge is -2.09. The molecule has 0 rings (SSSR count). The van der Waals surface area contributed by atoms with Crippen LogP contribution in [0.5, 0.6) is 0 Å². The Morgan fingerprint density at radius 2 is 2.21 bits per heavy atom. The summed E-state index contributed by atoms with van der Waals surface area (Å²) < 4.78 is 4.86. The normalized spacial score (nSPS) is 12.2. The molecule has 0 heterocycles. The van der Waals surface area contributed by atoms with Gasteiger partial charge in [0.25, 0.3) is 0 Å². The highest BCUT2D eigenvalue weighted by atomic mass is 16.5. The number of hydrogen-bond donors (Lipinski definition) is 2. The summed E-state index contributed by atoms with van der Waals surface area (Å²) in [5, 5.41) is 17.6. The minimum Gasteiger partial charge on any atom is -0.462 e. The van der Waals surface area contributed by atoms with Crippen molar-refractivity contribution in [3.05, 3.63) is 12.2 Å². The van der Waals surface area contributed by atoms with Crippen molar-refractivity contribution in [1.29, 1.82) is 0 Å². The number of carbonyl (C=O) groups excluding carboxylic acids is 1. The van der Waals surface area contributed by atoms with Crippen LogP contribution in [-0.2, 0) is 9.53 Å². The van der Waals surface area contributed by atoms with Crippen LogP contribution >= 0.6 is 0 Å². The Balaban J connectivity index is 3.71. The number of unbranched alkanes of at least 4 members (excludes halogenated alkanes) is 1. The van der Waals surface area contributed by atoms with Crippen molar-refractivity contribution >= 4 is 5.97 Å². The van der Waals surface area contributed by atoms with Gasteiger partial charge in [-0.1, -0.05) is 19.9 Å². The zero-order valence-electron chi connectivity index (χ0n) is 8.53. The minimum atomic E-state index is -0.929. The van der Waals surface area contributed by atoms with E-state index in [1.165, 1.54) is 0 Å². The lowest BCUT2D eigenvalue weighted by atomic mass is 10.1. The third-order valence-electron chi connectivity index (χ3n) is 1.71. The van der Waals surface area contributed by atoms with Crippen LogP contribution in [0.1, 0.15) is 26.2 Å². The highest BCUT2D eigenvalue weighted by molar-refractivity contribution is 5.87. The maximum atomic E-state index is 11.2. The van der Waals surface area contributed by atoms with Crippen molar-refractivity contribution in [2.75, 3.05) is 13.2 Å². The Morgan fingerprint density at radius 3 is 2.71 bits per heavy atom. The SMILES string of the molecule is C=C(CC(O)CO)C(=O)OCCCC. The molecule has 1 unspecified atom stereocenters. The van der Waals surface area contributed by atoms with E-state index in [-0.39, 0.29) is 18.6 Å². The molecule has 0 spiro atoms. The molecular weight excluding hydrogens is 184 g/mol. The standard InChI is InChI=1S/C10H18O4/c1-3-4-5-14-10(13)8(2)6-9(12)7-11/h9,11-12H,2-7H2,1H3. The molecule has 0 amide bonds. The van der Waals surface area contributed by atoms with Crippen molar-refractivity contribution in [2.45, 2.75) is 32.3 Å². The maximum absolute atomic E-state index is 11.2. The Labute approximate surface area is 84.2 Å². The molecule has 0 bridgehead atoms. The lowest BCUT2D eigenvalue weighted by molar-refractivity contribution is -0.139. The van der Waals surface area contributed by atoms with Crippen molar-refractivity contribution in [2.24, 2.45) is 0 Å². The fraction of sp³-hybridized carbons (Fsp3) is 0.700. The predicted molar refractivity (Wildman–Crippen MR) is 52.7 cm³/mol. The summed E-state index contributed by atoms with van der Waals surface area (Å²) in [4.78, 5) is 11.2. The summed E-state index contributed by atoms with van der Waals surface area (Å²) >= 11 is 0. The number of aliphatic hydroxyl groups excluding tert-OH is 2. The smallest absolute Gasteiger partial charge is 0.333 e. The number of ether oxygens (including phenoxy) is 1. The van der Waals surface area contributed by atoms with Crippen LogP contribution in [-0.4, -0.2) is 35.5 Å². The fourth-order valence-electron chi connectivity index (χ4n) is 0.844. The summed E-state index contributed by atoms with van der Waals surface area (Å²) in [5.41, 5.74) is 0.197. The van der Waals surface area contributed by atoms with Gasteiger partial charge in [0.15, 0.2) is 0 Å². The second-order valence-corrected chi connectivity index (χ2v) is 3.13. The van der Waals surface area contributed by atoms with Gasteiger partial charge >= 0.3 is 5.97 Å². The molecule has 82 valence electrons. The first-order valence-electron chi connectivity index (χ1n) is 4.75. The molecular formula is C10H18O4. The number of aliphatic hydroxyl groups is 2. The van der Waals surface area contributed by atoms with Crippen LogP contribution in [0.4, 0.5) is 0 Å². The average Bonchev–Trinajstić information content (AvgIpc) is 2.17. The Bertz CT molecular complexity index is 189. The highest BCUT2D eigenvalue weighted by Crippen LogP contribution is 2.05. The van der Waals surface area contributed by atoms with E-state index in [0.29, 0.717) is 6.61 Å². The monoisotopic (exact) mass is 202 g/mol. The van der Waals surface area contributed by atoms with Crippen LogP contribution in [0.2, 0.25) is 0 Å². The van der Waals surface area contributed by atoms with Crippen LogP contribution in [0.15, 0.2) is 12.2 Å². The molecule has 0 aromatic carbocycles. The molecule has 0 saturated heterocycles. The van der Waals surface area contributed by atoms with Crippen molar-refractivity contribution in [1.82, 2.24) is 0 Å². The van der Waals surface area contributed by atoms with E-state index < -0.39 is 12.1 Å². The first-order chi connectivity index (χ1) is 6.61. The van der Waals surface area contributed by atoms with Gasteiger partial charge in [-0.25, -0.2) is 4.79 Å². The third kappa shape index (κ3) is 5.72. The van der Waals surface area contributed by atoms with Gasteiger partial charge in [-0.05, 0) is 6.42 Å². The summed E-state index contributed by atoms with van der Waals surface area (Å²) in [6.07, 6.45) is 0.906. The van der Waals surface area contributed by atoms with Gasteiger partial charge in [-0.2, -0.15) is 0 Å². The number of esters is 1. The molecule has 0 saturated carbocycles. The lowest BCUT2D eigenvalue weighted by Crippen LogP contribution is -2.17. The molecule has 1 atom stereocenters. The molecule has 14 heavy (non-hydrogen) atoms. The Hall–Kier alpha value is -0.870. The van der Waals surface area contributed by atoms with Gasteiger partial charge in [-0.3, -0.25) is 0 Å². The van der Waals surface area contributed by atoms with E-state index in [9.17, 15) is 4.79 Å². The van der Waals surface area contributed by atoms with Crippen molar-refractivity contribution in [3.8, 4) is 0 Å². The molecule has 0 radical (unpaired) electrons. The second-order valence-electron chi connectivity index (χ2n) is 3.13. The van der Waals surface area contributed by atoms with Crippen LogP contribution in [0, 0.1) is 0 Å². The highest BCUT2D eigenvalue weighted by Gasteiger charge is 2.12. The molecule has 0 aliphatic rings. The number of rotatable bonds is 7. The van der Waals surface area contributed by atoms with Gasteiger partial charge in [-0.15, -0.1) is 0 Å². The maximum Gasteiger partial charge on any atom is 0.333 e. The van der Waals surface area contributed by atoms with Crippen molar-refractivity contribution < 1.29 is 19.7 Å². The molecule has 4 nitrogen and oxygen atoms in total.